The van der Waals surface area contributed by atoms with Crippen molar-refractivity contribution in [2.45, 2.75) is 13.8 Å². The quantitative estimate of drug-likeness (QED) is 0.617. The van der Waals surface area contributed by atoms with E-state index in [2.05, 4.69) is 15.6 Å². The van der Waals surface area contributed by atoms with E-state index in [1.807, 2.05) is 31.2 Å². The fourth-order valence-electron chi connectivity index (χ4n) is 2.49. The third kappa shape index (κ3) is 4.94. The maximum Gasteiger partial charge on any atom is 0.338 e. The average molecular weight is 375 g/mol. The van der Waals surface area contributed by atoms with Crippen LogP contribution in [0.1, 0.15) is 33.2 Å². The lowest BCUT2D eigenvalue weighted by Crippen LogP contribution is -2.12. The van der Waals surface area contributed by atoms with E-state index in [1.54, 1.807) is 43.3 Å². The van der Waals surface area contributed by atoms with E-state index >= 15 is 0 Å². The summed E-state index contributed by atoms with van der Waals surface area (Å²) in [6.45, 7) is 4.10. The third-order valence-electron chi connectivity index (χ3n) is 4.00. The number of rotatable bonds is 6. The molecule has 28 heavy (non-hydrogen) atoms. The summed E-state index contributed by atoms with van der Waals surface area (Å²) < 4.78 is 4.94. The van der Waals surface area contributed by atoms with Gasteiger partial charge in [0.15, 0.2) is 0 Å². The molecule has 2 N–H and O–H groups in total. The summed E-state index contributed by atoms with van der Waals surface area (Å²) in [5.41, 5.74) is 3.56. The molecule has 0 saturated heterocycles. The van der Waals surface area contributed by atoms with Crippen LogP contribution in [-0.2, 0) is 4.74 Å². The Morgan fingerprint density at radius 2 is 1.54 bits per heavy atom. The second kappa shape index (κ2) is 8.81. The summed E-state index contributed by atoms with van der Waals surface area (Å²) in [4.78, 5) is 28.3. The number of ether oxygens (including phenoxy) is 1. The molecule has 1 aromatic heterocycles. The molecule has 0 unspecified atom stereocenters. The number of hydrogen-bond acceptors (Lipinski definition) is 5. The van der Waals surface area contributed by atoms with Crippen LogP contribution in [0.5, 0.6) is 0 Å². The number of carbonyl (C=O) groups excluding carboxylic acids is 2. The number of benzene rings is 2. The number of hydrogen-bond donors (Lipinski definition) is 2. The van der Waals surface area contributed by atoms with E-state index in [-0.39, 0.29) is 11.9 Å². The van der Waals surface area contributed by atoms with Crippen molar-refractivity contribution in [2.75, 3.05) is 17.2 Å². The number of nitrogens with one attached hydrogen (secondary N) is 2. The van der Waals surface area contributed by atoms with Gasteiger partial charge < -0.3 is 15.4 Å². The van der Waals surface area contributed by atoms with Crippen molar-refractivity contribution >= 4 is 29.1 Å². The smallest absolute Gasteiger partial charge is 0.338 e. The Morgan fingerprint density at radius 1 is 0.893 bits per heavy atom. The Morgan fingerprint density at radius 3 is 2.14 bits per heavy atom. The first-order chi connectivity index (χ1) is 13.5. The van der Waals surface area contributed by atoms with E-state index < -0.39 is 0 Å². The Balaban J connectivity index is 1.61. The van der Waals surface area contributed by atoms with Gasteiger partial charge in [-0.15, -0.1) is 0 Å². The minimum absolute atomic E-state index is 0.279. The van der Waals surface area contributed by atoms with Crippen LogP contribution in [0, 0.1) is 6.92 Å². The maximum absolute atomic E-state index is 12.4. The lowest BCUT2D eigenvalue weighted by molar-refractivity contribution is 0.0526. The predicted molar refractivity (Wildman–Crippen MR) is 109 cm³/mol. The van der Waals surface area contributed by atoms with E-state index in [1.165, 1.54) is 11.8 Å². The number of carbonyl (C=O) groups is 2. The van der Waals surface area contributed by atoms with Crippen molar-refractivity contribution in [3.05, 3.63) is 83.6 Å². The first-order valence-electron chi connectivity index (χ1n) is 8.93. The van der Waals surface area contributed by atoms with Gasteiger partial charge in [0.25, 0.3) is 5.91 Å². The number of amides is 1. The lowest BCUT2D eigenvalue weighted by atomic mass is 10.2. The van der Waals surface area contributed by atoms with Crippen molar-refractivity contribution in [3.8, 4) is 0 Å². The van der Waals surface area contributed by atoms with E-state index in [9.17, 15) is 9.59 Å². The molecule has 6 nitrogen and oxygen atoms in total. The van der Waals surface area contributed by atoms with Gasteiger partial charge in [0.05, 0.1) is 17.7 Å². The van der Waals surface area contributed by atoms with Crippen LogP contribution in [0.25, 0.3) is 0 Å². The zero-order valence-electron chi connectivity index (χ0n) is 15.7. The van der Waals surface area contributed by atoms with Gasteiger partial charge in [0, 0.05) is 17.6 Å². The van der Waals surface area contributed by atoms with Gasteiger partial charge in [-0.1, -0.05) is 17.7 Å². The molecule has 0 spiro atoms. The third-order valence-corrected chi connectivity index (χ3v) is 4.00. The van der Waals surface area contributed by atoms with Crippen LogP contribution in [0.3, 0.4) is 0 Å². The number of pyridine rings is 1. The van der Waals surface area contributed by atoms with E-state index in [4.69, 9.17) is 4.74 Å². The van der Waals surface area contributed by atoms with Gasteiger partial charge in [0.1, 0.15) is 5.82 Å². The Hall–Kier alpha value is -3.67. The molecule has 6 heteroatoms. The highest BCUT2D eigenvalue weighted by molar-refractivity contribution is 6.04. The second-order valence-corrected chi connectivity index (χ2v) is 6.18. The Labute approximate surface area is 163 Å². The van der Waals surface area contributed by atoms with Gasteiger partial charge in [-0.2, -0.15) is 0 Å². The molecule has 2 aromatic carbocycles. The first kappa shape index (κ1) is 19.1. The standard InChI is InChI=1S/C22H21N3O3/c1-3-28-22(27)16-6-11-19(12-7-16)25-21(26)17-8-13-20(23-14-17)24-18-9-4-15(2)5-10-18/h4-14H,3H2,1-2H3,(H,23,24)(H,25,26). The zero-order valence-corrected chi connectivity index (χ0v) is 15.7. The first-order valence-corrected chi connectivity index (χ1v) is 8.93. The van der Waals surface area contributed by atoms with Gasteiger partial charge >= 0.3 is 5.97 Å². The van der Waals surface area contributed by atoms with Crippen molar-refractivity contribution in [1.82, 2.24) is 4.98 Å². The second-order valence-electron chi connectivity index (χ2n) is 6.18. The lowest BCUT2D eigenvalue weighted by Gasteiger charge is -2.08. The fraction of sp³-hybridized carbons (Fsp3) is 0.136. The number of esters is 1. The summed E-state index contributed by atoms with van der Waals surface area (Å²) in [6, 6.07) is 17.9. The summed E-state index contributed by atoms with van der Waals surface area (Å²) in [6.07, 6.45) is 1.51. The minimum Gasteiger partial charge on any atom is -0.462 e. The van der Waals surface area contributed by atoms with Crippen LogP contribution in [0.4, 0.5) is 17.2 Å². The summed E-state index contributed by atoms with van der Waals surface area (Å²) in [5.74, 6) is -0.0151. The van der Waals surface area contributed by atoms with E-state index in [0.29, 0.717) is 29.2 Å². The van der Waals surface area contributed by atoms with Crippen molar-refractivity contribution in [3.63, 3.8) is 0 Å². The predicted octanol–water partition coefficient (Wildman–Crippen LogP) is 4.56. The number of aryl methyl sites for hydroxylation is 1. The van der Waals surface area contributed by atoms with E-state index in [0.717, 1.165) is 5.69 Å². The molecule has 1 amide bonds. The monoisotopic (exact) mass is 375 g/mol. The Kier molecular flexibility index (Phi) is 6.01. The highest BCUT2D eigenvalue weighted by atomic mass is 16.5. The Bertz CT molecular complexity index is 950. The van der Waals surface area contributed by atoms with Gasteiger partial charge in [-0.25, -0.2) is 9.78 Å². The average Bonchev–Trinajstić information content (AvgIpc) is 2.71. The van der Waals surface area contributed by atoms with Gasteiger partial charge in [0.2, 0.25) is 0 Å². The normalized spacial score (nSPS) is 10.2. The van der Waals surface area contributed by atoms with Crippen LogP contribution in [0.15, 0.2) is 66.9 Å². The number of anilines is 3. The number of nitrogens with zero attached hydrogens (tertiary/aromatic N) is 1. The molecule has 0 bridgehead atoms. The maximum atomic E-state index is 12.4. The molecular formula is C22H21N3O3. The van der Waals surface area contributed by atoms with Gasteiger partial charge in [-0.3, -0.25) is 4.79 Å². The molecule has 0 fully saturated rings. The highest BCUT2D eigenvalue weighted by Gasteiger charge is 2.09. The topological polar surface area (TPSA) is 80.3 Å². The molecule has 0 saturated carbocycles. The molecule has 0 aliphatic carbocycles. The molecule has 0 atom stereocenters. The zero-order chi connectivity index (χ0) is 19.9. The molecule has 3 aromatic rings. The molecule has 1 heterocycles. The molecule has 0 radical (unpaired) electrons. The number of aromatic nitrogens is 1. The summed E-state index contributed by atoms with van der Waals surface area (Å²) >= 11 is 0. The minimum atomic E-state index is -0.388. The highest BCUT2D eigenvalue weighted by Crippen LogP contribution is 2.16. The van der Waals surface area contributed by atoms with Crippen LogP contribution >= 0.6 is 0 Å². The van der Waals surface area contributed by atoms with Crippen LogP contribution in [-0.4, -0.2) is 23.5 Å². The summed E-state index contributed by atoms with van der Waals surface area (Å²) in [5, 5.41) is 5.97. The molecule has 142 valence electrons. The molecule has 0 aliphatic rings. The van der Waals surface area contributed by atoms with Crippen molar-refractivity contribution < 1.29 is 14.3 Å². The van der Waals surface area contributed by atoms with Crippen LogP contribution < -0.4 is 10.6 Å². The van der Waals surface area contributed by atoms with Gasteiger partial charge in [-0.05, 0) is 62.4 Å². The van der Waals surface area contributed by atoms with Crippen molar-refractivity contribution in [2.24, 2.45) is 0 Å². The largest absolute Gasteiger partial charge is 0.462 e. The molecule has 3 rings (SSSR count). The molecule has 0 aliphatic heterocycles. The molecular weight excluding hydrogens is 354 g/mol. The van der Waals surface area contributed by atoms with Crippen molar-refractivity contribution in [1.29, 1.82) is 0 Å². The summed E-state index contributed by atoms with van der Waals surface area (Å²) in [7, 11) is 0. The van der Waals surface area contributed by atoms with Crippen LogP contribution in [0.2, 0.25) is 0 Å². The fourth-order valence-corrected chi connectivity index (χ4v) is 2.49. The SMILES string of the molecule is CCOC(=O)c1ccc(NC(=O)c2ccc(Nc3ccc(C)cc3)nc2)cc1.